The molecule has 1 aliphatic rings. The highest BCUT2D eigenvalue weighted by Crippen LogP contribution is 2.24. The Labute approximate surface area is 115 Å². The van der Waals surface area contributed by atoms with Gasteiger partial charge in [0.05, 0.1) is 4.88 Å². The number of fused-ring (bicyclic) bond motifs is 1. The number of aromatic nitrogens is 1. The molecule has 5 heteroatoms. The van der Waals surface area contributed by atoms with Crippen LogP contribution in [0.4, 0.5) is 0 Å². The second-order valence-electron chi connectivity index (χ2n) is 4.98. The molecule has 1 saturated heterocycles. The Kier molecular flexibility index (Phi) is 3.14. The van der Waals surface area contributed by atoms with Crippen LogP contribution in [0.1, 0.15) is 28.9 Å². The van der Waals surface area contributed by atoms with E-state index in [2.05, 4.69) is 0 Å². The number of piperidine rings is 1. The molecule has 1 fully saturated rings. The Balaban J connectivity index is 1.99. The van der Waals surface area contributed by atoms with Crippen molar-refractivity contribution in [2.24, 2.45) is 7.05 Å². The largest absolute Gasteiger partial charge is 0.338 e. The van der Waals surface area contributed by atoms with Crippen molar-refractivity contribution in [2.75, 3.05) is 13.1 Å². The average Bonchev–Trinajstić information content (AvgIpc) is 2.88. The predicted octanol–water partition coefficient (Wildman–Crippen LogP) is 2.23. The van der Waals surface area contributed by atoms with Crippen LogP contribution in [0.15, 0.2) is 23.1 Å². The maximum atomic E-state index is 12.4. The molecule has 0 atom stereocenters. The number of nitrogens with zero attached hydrogens (tertiary/aromatic N) is 2. The van der Waals surface area contributed by atoms with E-state index in [9.17, 15) is 9.59 Å². The van der Waals surface area contributed by atoms with E-state index in [0.717, 1.165) is 31.3 Å². The molecule has 2 aromatic heterocycles. The van der Waals surface area contributed by atoms with Gasteiger partial charge in [0.2, 0.25) is 0 Å². The second-order valence-corrected chi connectivity index (χ2v) is 6.03. The third kappa shape index (κ3) is 2.18. The Morgan fingerprint density at radius 2 is 2.00 bits per heavy atom. The van der Waals surface area contributed by atoms with Gasteiger partial charge in [0.25, 0.3) is 11.5 Å². The van der Waals surface area contributed by atoms with Gasteiger partial charge in [-0.25, -0.2) is 0 Å². The summed E-state index contributed by atoms with van der Waals surface area (Å²) in [7, 11) is 1.73. The molecule has 0 unspecified atom stereocenters. The zero-order chi connectivity index (χ0) is 13.4. The van der Waals surface area contributed by atoms with Gasteiger partial charge in [-0.3, -0.25) is 9.59 Å². The van der Waals surface area contributed by atoms with Crippen LogP contribution in [0, 0.1) is 0 Å². The van der Waals surface area contributed by atoms with Gasteiger partial charge in [0, 0.05) is 31.7 Å². The van der Waals surface area contributed by atoms with Crippen molar-refractivity contribution in [1.29, 1.82) is 0 Å². The Morgan fingerprint density at radius 1 is 1.26 bits per heavy atom. The van der Waals surface area contributed by atoms with Crippen LogP contribution in [0.3, 0.4) is 0 Å². The third-order valence-electron chi connectivity index (χ3n) is 3.61. The van der Waals surface area contributed by atoms with Crippen molar-refractivity contribution in [3.05, 3.63) is 33.6 Å². The Morgan fingerprint density at radius 3 is 2.74 bits per heavy atom. The van der Waals surface area contributed by atoms with Crippen molar-refractivity contribution in [2.45, 2.75) is 19.3 Å². The van der Waals surface area contributed by atoms with Gasteiger partial charge < -0.3 is 9.47 Å². The quantitative estimate of drug-likeness (QED) is 0.801. The minimum atomic E-state index is -0.0276. The highest BCUT2D eigenvalue weighted by molar-refractivity contribution is 7.20. The molecule has 0 aromatic carbocycles. The third-order valence-corrected chi connectivity index (χ3v) is 4.73. The van der Waals surface area contributed by atoms with E-state index in [1.54, 1.807) is 17.8 Å². The topological polar surface area (TPSA) is 42.3 Å². The van der Waals surface area contributed by atoms with E-state index >= 15 is 0 Å². The standard InChI is InChI=1S/C14H16N2O2S/c1-15-8-5-10-9-11(19-12(10)14(15)18)13(17)16-6-3-2-4-7-16/h5,8-9H,2-4,6-7H2,1H3. The van der Waals surface area contributed by atoms with Crippen LogP contribution in [0.2, 0.25) is 0 Å². The van der Waals surface area contributed by atoms with E-state index in [0.29, 0.717) is 9.58 Å². The van der Waals surface area contributed by atoms with Crippen molar-refractivity contribution >= 4 is 27.3 Å². The van der Waals surface area contributed by atoms with Crippen LogP contribution in [-0.4, -0.2) is 28.5 Å². The zero-order valence-electron chi connectivity index (χ0n) is 10.9. The zero-order valence-corrected chi connectivity index (χ0v) is 11.7. The van der Waals surface area contributed by atoms with Crippen LogP contribution in [0.25, 0.3) is 10.1 Å². The van der Waals surface area contributed by atoms with Crippen LogP contribution < -0.4 is 5.56 Å². The van der Waals surface area contributed by atoms with Crippen molar-refractivity contribution in [3.8, 4) is 0 Å². The van der Waals surface area contributed by atoms with Gasteiger partial charge in [0.1, 0.15) is 4.70 Å². The van der Waals surface area contributed by atoms with E-state index < -0.39 is 0 Å². The lowest BCUT2D eigenvalue weighted by Crippen LogP contribution is -2.35. The van der Waals surface area contributed by atoms with Crippen molar-refractivity contribution in [1.82, 2.24) is 9.47 Å². The van der Waals surface area contributed by atoms with E-state index in [4.69, 9.17) is 0 Å². The maximum Gasteiger partial charge on any atom is 0.268 e. The molecule has 4 nitrogen and oxygen atoms in total. The number of rotatable bonds is 1. The summed E-state index contributed by atoms with van der Waals surface area (Å²) in [6, 6.07) is 3.73. The lowest BCUT2D eigenvalue weighted by atomic mass is 10.1. The van der Waals surface area contributed by atoms with Gasteiger partial charge >= 0.3 is 0 Å². The number of aryl methyl sites for hydroxylation is 1. The molecular weight excluding hydrogens is 260 g/mol. The Bertz CT molecular complexity index is 680. The molecule has 1 aliphatic heterocycles. The lowest BCUT2D eigenvalue weighted by Gasteiger charge is -2.26. The number of amides is 1. The van der Waals surface area contributed by atoms with E-state index in [-0.39, 0.29) is 11.5 Å². The highest BCUT2D eigenvalue weighted by Gasteiger charge is 2.20. The predicted molar refractivity (Wildman–Crippen MR) is 76.8 cm³/mol. The molecular formula is C14H16N2O2S. The smallest absolute Gasteiger partial charge is 0.268 e. The van der Waals surface area contributed by atoms with E-state index in [1.165, 1.54) is 17.8 Å². The van der Waals surface area contributed by atoms with Gasteiger partial charge in [-0.1, -0.05) is 0 Å². The maximum absolute atomic E-state index is 12.4. The molecule has 0 bridgehead atoms. The monoisotopic (exact) mass is 276 g/mol. The number of pyridine rings is 1. The molecule has 100 valence electrons. The van der Waals surface area contributed by atoms with Gasteiger partial charge in [-0.05, 0) is 31.4 Å². The molecule has 0 saturated carbocycles. The molecule has 0 N–H and O–H groups in total. The molecule has 2 aromatic rings. The first kappa shape index (κ1) is 12.4. The van der Waals surface area contributed by atoms with Crippen LogP contribution >= 0.6 is 11.3 Å². The summed E-state index contributed by atoms with van der Waals surface area (Å²) in [5.74, 6) is 0.0722. The first-order valence-corrected chi connectivity index (χ1v) is 7.37. The fourth-order valence-corrected chi connectivity index (χ4v) is 3.57. The van der Waals surface area contributed by atoms with Crippen LogP contribution in [0.5, 0.6) is 0 Å². The molecule has 1 amide bonds. The summed E-state index contributed by atoms with van der Waals surface area (Å²) in [6.45, 7) is 1.68. The number of likely N-dealkylation sites (tertiary alicyclic amines) is 1. The summed E-state index contributed by atoms with van der Waals surface area (Å²) in [6.07, 6.45) is 5.11. The first-order valence-electron chi connectivity index (χ1n) is 6.55. The minimum absolute atomic E-state index is 0.0276. The molecule has 0 radical (unpaired) electrons. The minimum Gasteiger partial charge on any atom is -0.338 e. The van der Waals surface area contributed by atoms with E-state index in [1.807, 2.05) is 17.0 Å². The summed E-state index contributed by atoms with van der Waals surface area (Å²) < 4.78 is 2.22. The Hall–Kier alpha value is -1.62. The second kappa shape index (κ2) is 4.81. The van der Waals surface area contributed by atoms with Gasteiger partial charge in [-0.15, -0.1) is 11.3 Å². The molecule has 0 aliphatic carbocycles. The fraction of sp³-hybridized carbons (Fsp3) is 0.429. The molecule has 0 spiro atoms. The molecule has 3 heterocycles. The molecule has 3 rings (SSSR count). The summed E-state index contributed by atoms with van der Waals surface area (Å²) in [5.41, 5.74) is -0.0276. The highest BCUT2D eigenvalue weighted by atomic mass is 32.1. The summed E-state index contributed by atoms with van der Waals surface area (Å²) in [5, 5.41) is 0.869. The van der Waals surface area contributed by atoms with Crippen molar-refractivity contribution in [3.63, 3.8) is 0 Å². The lowest BCUT2D eigenvalue weighted by molar-refractivity contribution is 0.0729. The number of carbonyl (C=O) groups is 1. The van der Waals surface area contributed by atoms with Gasteiger partial charge in [0.15, 0.2) is 0 Å². The first-order chi connectivity index (χ1) is 9.16. The average molecular weight is 276 g/mol. The number of hydrogen-bond donors (Lipinski definition) is 0. The van der Waals surface area contributed by atoms with Crippen LogP contribution in [-0.2, 0) is 7.05 Å². The number of carbonyl (C=O) groups excluding carboxylic acids is 1. The summed E-state index contributed by atoms with van der Waals surface area (Å²) in [4.78, 5) is 27.0. The molecule has 19 heavy (non-hydrogen) atoms. The SMILES string of the molecule is Cn1ccc2cc(C(=O)N3CCCCC3)sc2c1=O. The van der Waals surface area contributed by atoms with Crippen molar-refractivity contribution < 1.29 is 4.79 Å². The summed E-state index contributed by atoms with van der Waals surface area (Å²) >= 11 is 1.32. The normalized spacial score (nSPS) is 15.9. The van der Waals surface area contributed by atoms with Gasteiger partial charge in [-0.2, -0.15) is 0 Å². The fourth-order valence-electron chi connectivity index (χ4n) is 2.47. The number of hydrogen-bond acceptors (Lipinski definition) is 3. The number of thiophene rings is 1.